The number of fused-ring (bicyclic) bond motifs is 1. The first-order valence-corrected chi connectivity index (χ1v) is 10.4. The maximum Gasteiger partial charge on any atom is 0.315 e. The fourth-order valence-electron chi connectivity index (χ4n) is 3.82. The first kappa shape index (κ1) is 19.5. The van der Waals surface area contributed by atoms with Crippen molar-refractivity contribution >= 4 is 17.5 Å². The van der Waals surface area contributed by atoms with Crippen molar-refractivity contribution in [2.24, 2.45) is 0 Å². The molecule has 2 aromatic rings. The van der Waals surface area contributed by atoms with E-state index in [1.54, 1.807) is 0 Å². The molecule has 1 saturated heterocycles. The molecule has 0 bridgehead atoms. The van der Waals surface area contributed by atoms with Crippen molar-refractivity contribution in [1.29, 1.82) is 0 Å². The molecule has 0 unspecified atom stereocenters. The van der Waals surface area contributed by atoms with E-state index in [0.29, 0.717) is 19.5 Å². The number of morpholine rings is 1. The average molecular weight is 396 g/mol. The van der Waals surface area contributed by atoms with Gasteiger partial charge in [0.15, 0.2) is 0 Å². The zero-order valence-electron chi connectivity index (χ0n) is 16.7. The maximum absolute atomic E-state index is 12.2. The van der Waals surface area contributed by atoms with E-state index >= 15 is 0 Å². The number of hydrogen-bond acceptors (Lipinski definition) is 5. The highest BCUT2D eigenvalue weighted by atomic mass is 16.5. The highest BCUT2D eigenvalue weighted by molar-refractivity contribution is 5.74. The molecular weight excluding hydrogens is 366 g/mol. The smallest absolute Gasteiger partial charge is 0.315 e. The van der Waals surface area contributed by atoms with Crippen LogP contribution in [-0.2, 0) is 24.1 Å². The molecule has 7 nitrogen and oxygen atoms in total. The van der Waals surface area contributed by atoms with Gasteiger partial charge in [0.2, 0.25) is 0 Å². The van der Waals surface area contributed by atoms with Gasteiger partial charge in [0.25, 0.3) is 0 Å². The number of benzene rings is 1. The van der Waals surface area contributed by atoms with E-state index < -0.39 is 0 Å². The Morgan fingerprint density at radius 2 is 2.00 bits per heavy atom. The zero-order valence-corrected chi connectivity index (χ0v) is 16.7. The highest BCUT2D eigenvalue weighted by Crippen LogP contribution is 2.21. The van der Waals surface area contributed by atoms with Gasteiger partial charge in [-0.25, -0.2) is 9.78 Å². The molecule has 4 rings (SSSR count). The Balaban J connectivity index is 1.24. The van der Waals surface area contributed by atoms with Gasteiger partial charge in [-0.05, 0) is 36.1 Å². The minimum atomic E-state index is -0.155. The topological polar surface area (TPSA) is 78.5 Å². The number of nitrogens with zero attached hydrogens (tertiary/aromatic N) is 2. The quantitative estimate of drug-likeness (QED) is 0.700. The van der Waals surface area contributed by atoms with Crippen LogP contribution in [0.4, 0.5) is 16.3 Å². The van der Waals surface area contributed by atoms with Gasteiger partial charge in [-0.3, -0.25) is 0 Å². The number of pyridine rings is 1. The standard InChI is InChI=1S/C22H29N5O2/c28-22(24-11-9-19-8-7-17-5-3-10-23-21(17)26-19)25-16-18-4-1-2-6-20(18)27-12-14-29-15-13-27/h1-2,4,6-8H,3,5,9-16H2,(H,23,26)(H2,24,25,28). The molecule has 0 aliphatic carbocycles. The molecule has 1 aromatic heterocycles. The first-order valence-electron chi connectivity index (χ1n) is 10.4. The van der Waals surface area contributed by atoms with Gasteiger partial charge in [0, 0.05) is 50.5 Å². The van der Waals surface area contributed by atoms with Crippen molar-refractivity contribution in [2.75, 3.05) is 49.6 Å². The van der Waals surface area contributed by atoms with Crippen LogP contribution in [0.2, 0.25) is 0 Å². The third-order valence-corrected chi connectivity index (χ3v) is 5.40. The summed E-state index contributed by atoms with van der Waals surface area (Å²) < 4.78 is 5.44. The van der Waals surface area contributed by atoms with E-state index in [1.807, 2.05) is 12.1 Å². The third-order valence-electron chi connectivity index (χ3n) is 5.40. The number of para-hydroxylation sites is 1. The molecular formula is C22H29N5O2. The van der Waals surface area contributed by atoms with Crippen LogP contribution in [0, 0.1) is 0 Å². The van der Waals surface area contributed by atoms with Gasteiger partial charge in [0.1, 0.15) is 5.82 Å². The summed E-state index contributed by atoms with van der Waals surface area (Å²) in [6.45, 7) is 5.29. The second kappa shape index (κ2) is 9.60. The van der Waals surface area contributed by atoms with Gasteiger partial charge in [0.05, 0.1) is 13.2 Å². The number of carbonyl (C=O) groups is 1. The largest absolute Gasteiger partial charge is 0.378 e. The molecule has 3 heterocycles. The van der Waals surface area contributed by atoms with Crippen LogP contribution >= 0.6 is 0 Å². The van der Waals surface area contributed by atoms with E-state index in [2.05, 4.69) is 50.1 Å². The molecule has 154 valence electrons. The number of carbonyl (C=O) groups excluding carboxylic acids is 1. The van der Waals surface area contributed by atoms with Crippen molar-refractivity contribution in [3.8, 4) is 0 Å². The summed E-state index contributed by atoms with van der Waals surface area (Å²) in [5.74, 6) is 0.998. The van der Waals surface area contributed by atoms with Gasteiger partial charge >= 0.3 is 6.03 Å². The monoisotopic (exact) mass is 395 g/mol. The second-order valence-electron chi connectivity index (χ2n) is 7.43. The van der Waals surface area contributed by atoms with E-state index in [4.69, 9.17) is 4.74 Å². The van der Waals surface area contributed by atoms with E-state index in [0.717, 1.165) is 62.8 Å². The second-order valence-corrected chi connectivity index (χ2v) is 7.43. The molecule has 2 aliphatic heterocycles. The molecule has 0 spiro atoms. The zero-order chi connectivity index (χ0) is 19.9. The normalized spacial score (nSPS) is 15.9. The summed E-state index contributed by atoms with van der Waals surface area (Å²) in [6.07, 6.45) is 2.96. The molecule has 2 aliphatic rings. The Morgan fingerprint density at radius 3 is 2.90 bits per heavy atom. The fourth-order valence-corrected chi connectivity index (χ4v) is 3.82. The van der Waals surface area contributed by atoms with Gasteiger partial charge in [-0.15, -0.1) is 0 Å². The Morgan fingerprint density at radius 1 is 1.14 bits per heavy atom. The van der Waals surface area contributed by atoms with Crippen molar-refractivity contribution in [3.05, 3.63) is 53.2 Å². The summed E-state index contributed by atoms with van der Waals surface area (Å²) in [5.41, 5.74) is 4.56. The number of nitrogens with one attached hydrogen (secondary N) is 3. The van der Waals surface area contributed by atoms with Gasteiger partial charge < -0.3 is 25.6 Å². The summed E-state index contributed by atoms with van der Waals surface area (Å²) in [4.78, 5) is 19.2. The van der Waals surface area contributed by atoms with E-state index in [1.165, 1.54) is 11.3 Å². The lowest BCUT2D eigenvalue weighted by atomic mass is 10.1. The Bertz CT molecular complexity index is 836. The number of hydrogen-bond donors (Lipinski definition) is 3. The molecule has 1 aromatic carbocycles. The Hall–Kier alpha value is -2.80. The molecule has 29 heavy (non-hydrogen) atoms. The number of aryl methyl sites for hydroxylation is 1. The molecule has 1 fully saturated rings. The van der Waals surface area contributed by atoms with Crippen LogP contribution in [0.3, 0.4) is 0 Å². The van der Waals surface area contributed by atoms with E-state index in [-0.39, 0.29) is 6.03 Å². The van der Waals surface area contributed by atoms with Crippen LogP contribution in [0.5, 0.6) is 0 Å². The van der Waals surface area contributed by atoms with Crippen LogP contribution in [-0.4, -0.2) is 50.4 Å². The SMILES string of the molecule is O=C(NCCc1ccc2c(n1)NCCC2)NCc1ccccc1N1CCOCC1. The minimum absolute atomic E-state index is 0.155. The molecule has 0 atom stereocenters. The average Bonchev–Trinajstić information content (AvgIpc) is 2.78. The molecule has 2 amide bonds. The lowest BCUT2D eigenvalue weighted by Crippen LogP contribution is -2.38. The van der Waals surface area contributed by atoms with Crippen LogP contribution in [0.1, 0.15) is 23.2 Å². The molecule has 7 heteroatoms. The third kappa shape index (κ3) is 5.17. The number of anilines is 2. The van der Waals surface area contributed by atoms with Gasteiger partial charge in [-0.1, -0.05) is 24.3 Å². The van der Waals surface area contributed by atoms with Crippen LogP contribution in [0.25, 0.3) is 0 Å². The summed E-state index contributed by atoms with van der Waals surface area (Å²) in [5, 5.41) is 9.26. The lowest BCUT2D eigenvalue weighted by molar-refractivity contribution is 0.122. The number of urea groups is 1. The van der Waals surface area contributed by atoms with Crippen molar-refractivity contribution < 1.29 is 9.53 Å². The number of rotatable bonds is 6. The van der Waals surface area contributed by atoms with Crippen molar-refractivity contribution in [2.45, 2.75) is 25.8 Å². The first-order chi connectivity index (χ1) is 14.3. The molecule has 0 radical (unpaired) electrons. The number of aromatic nitrogens is 1. The van der Waals surface area contributed by atoms with Gasteiger partial charge in [-0.2, -0.15) is 0 Å². The summed E-state index contributed by atoms with van der Waals surface area (Å²) >= 11 is 0. The van der Waals surface area contributed by atoms with Crippen molar-refractivity contribution in [1.82, 2.24) is 15.6 Å². The van der Waals surface area contributed by atoms with Crippen LogP contribution < -0.4 is 20.9 Å². The number of ether oxygens (including phenoxy) is 1. The maximum atomic E-state index is 12.2. The molecule has 0 saturated carbocycles. The minimum Gasteiger partial charge on any atom is -0.378 e. The van der Waals surface area contributed by atoms with E-state index in [9.17, 15) is 4.79 Å². The van der Waals surface area contributed by atoms with Crippen molar-refractivity contribution in [3.63, 3.8) is 0 Å². The van der Waals surface area contributed by atoms with Crippen LogP contribution in [0.15, 0.2) is 36.4 Å². The molecule has 3 N–H and O–H groups in total. The Labute approximate surface area is 171 Å². The summed E-state index contributed by atoms with van der Waals surface area (Å²) in [7, 11) is 0. The fraction of sp³-hybridized carbons (Fsp3) is 0.455. The summed E-state index contributed by atoms with van der Waals surface area (Å²) in [6, 6.07) is 12.3. The predicted octanol–water partition coefficient (Wildman–Crippen LogP) is 2.32. The number of amides is 2. The predicted molar refractivity (Wildman–Crippen MR) is 114 cm³/mol. The Kier molecular flexibility index (Phi) is 6.46. The highest BCUT2D eigenvalue weighted by Gasteiger charge is 2.15. The lowest BCUT2D eigenvalue weighted by Gasteiger charge is -2.30.